The van der Waals surface area contributed by atoms with E-state index < -0.39 is 0 Å². The Morgan fingerprint density at radius 3 is 2.58 bits per heavy atom. The van der Waals surface area contributed by atoms with Crippen LogP contribution in [0.4, 0.5) is 10.4 Å². The first kappa shape index (κ1) is 25.5. The van der Waals surface area contributed by atoms with Crippen LogP contribution < -0.4 is 9.64 Å². The van der Waals surface area contributed by atoms with Crippen molar-refractivity contribution < 1.29 is 13.7 Å². The Kier molecular flexibility index (Phi) is 10.6. The molecule has 0 spiro atoms. The van der Waals surface area contributed by atoms with E-state index in [9.17, 15) is 4.39 Å². The number of rotatable bonds is 9. The van der Waals surface area contributed by atoms with Crippen LogP contribution in [0.5, 0.6) is 5.75 Å². The normalized spacial score (nSPS) is 14.7. The van der Waals surface area contributed by atoms with Gasteiger partial charge in [-0.25, -0.2) is 4.39 Å². The number of halogens is 1. The Hall–Kier alpha value is -1.80. The predicted molar refractivity (Wildman–Crippen MR) is 127 cm³/mol. The number of anilines is 1. The van der Waals surface area contributed by atoms with E-state index in [1.165, 1.54) is 6.07 Å². The van der Waals surface area contributed by atoms with Crippen LogP contribution in [0.15, 0.2) is 22.7 Å². The lowest BCUT2D eigenvalue weighted by Crippen LogP contribution is -2.44. The molecule has 174 valence electrons. The summed E-state index contributed by atoms with van der Waals surface area (Å²) >= 11 is 1.61. The van der Waals surface area contributed by atoms with E-state index in [2.05, 4.69) is 40.8 Å². The fourth-order valence-electron chi connectivity index (χ4n) is 3.47. The van der Waals surface area contributed by atoms with E-state index >= 15 is 0 Å². The van der Waals surface area contributed by atoms with Crippen LogP contribution in [0.25, 0.3) is 0 Å². The summed E-state index contributed by atoms with van der Waals surface area (Å²) in [5, 5.41) is 4.05. The lowest BCUT2D eigenvalue weighted by molar-refractivity contribution is 0.169. The van der Waals surface area contributed by atoms with Gasteiger partial charge in [-0.2, -0.15) is 16.7 Å². The minimum atomic E-state index is -0.195. The van der Waals surface area contributed by atoms with E-state index in [1.54, 1.807) is 11.8 Å². The summed E-state index contributed by atoms with van der Waals surface area (Å²) < 4.78 is 25.2. The van der Waals surface area contributed by atoms with Crippen LogP contribution in [-0.4, -0.2) is 60.6 Å². The molecule has 0 atom stereocenters. The van der Waals surface area contributed by atoms with Crippen molar-refractivity contribution in [3.63, 3.8) is 0 Å². The molecule has 0 aliphatic carbocycles. The second kappa shape index (κ2) is 12.9. The Balaban J connectivity index is 0.00000166. The highest BCUT2D eigenvalue weighted by molar-refractivity contribution is 7.97. The Morgan fingerprint density at radius 1 is 1.29 bits per heavy atom. The van der Waals surface area contributed by atoms with E-state index in [0.717, 1.165) is 43.9 Å². The molecule has 3 rings (SSSR count). The first-order valence-corrected chi connectivity index (χ1v) is 12.6. The number of thioether (sulfide) groups is 1. The van der Waals surface area contributed by atoms with Gasteiger partial charge < -0.3 is 14.2 Å². The van der Waals surface area contributed by atoms with Crippen LogP contribution >= 0.6 is 11.8 Å². The average Bonchev–Trinajstić information content (AvgIpc) is 3.28. The van der Waals surface area contributed by atoms with Crippen molar-refractivity contribution in [2.75, 3.05) is 44.4 Å². The van der Waals surface area contributed by atoms with Gasteiger partial charge in [0, 0.05) is 43.4 Å². The van der Waals surface area contributed by atoms with Crippen molar-refractivity contribution in [2.24, 2.45) is 0 Å². The fourth-order valence-corrected chi connectivity index (χ4v) is 4.01. The van der Waals surface area contributed by atoms with Gasteiger partial charge in [0.05, 0.1) is 0 Å². The maximum absolute atomic E-state index is 14.0. The van der Waals surface area contributed by atoms with E-state index in [1.807, 2.05) is 32.2 Å². The van der Waals surface area contributed by atoms with Crippen molar-refractivity contribution >= 4 is 17.8 Å². The Bertz CT molecular complexity index is 779. The van der Waals surface area contributed by atoms with Crippen LogP contribution in [-0.2, 0) is 5.75 Å². The molecule has 1 aromatic carbocycles. The maximum Gasteiger partial charge on any atom is 0.324 e. The van der Waals surface area contributed by atoms with Gasteiger partial charge in [0.15, 0.2) is 5.82 Å². The van der Waals surface area contributed by atoms with Gasteiger partial charge in [-0.05, 0) is 37.8 Å². The number of hydrogen-bond donors (Lipinski definition) is 0. The number of hydrogen-bond acceptors (Lipinski definition) is 7. The molecule has 1 aliphatic heterocycles. The monoisotopic (exact) mass is 452 g/mol. The summed E-state index contributed by atoms with van der Waals surface area (Å²) in [5.74, 6) is 2.10. The minimum Gasteiger partial charge on any atom is -0.492 e. The summed E-state index contributed by atoms with van der Waals surface area (Å²) in [7, 11) is 2.12. The van der Waals surface area contributed by atoms with Gasteiger partial charge in [-0.1, -0.05) is 38.9 Å². The molecule has 8 heteroatoms. The topological polar surface area (TPSA) is 54.6 Å². The Labute approximate surface area is 190 Å². The third-order valence-corrected chi connectivity index (χ3v) is 5.94. The number of benzene rings is 1. The zero-order valence-electron chi connectivity index (χ0n) is 19.7. The fraction of sp³-hybridized carbons (Fsp3) is 0.652. The van der Waals surface area contributed by atoms with Crippen molar-refractivity contribution in [3.8, 4) is 5.75 Å². The quantitative estimate of drug-likeness (QED) is 0.518. The largest absolute Gasteiger partial charge is 0.492 e. The summed E-state index contributed by atoms with van der Waals surface area (Å²) in [6, 6.07) is 6.26. The molecule has 0 amide bonds. The number of nitrogens with zero attached hydrogens (tertiary/aromatic N) is 4. The van der Waals surface area contributed by atoms with Crippen molar-refractivity contribution in [1.82, 2.24) is 15.0 Å². The van der Waals surface area contributed by atoms with E-state index in [-0.39, 0.29) is 11.7 Å². The van der Waals surface area contributed by atoms with Crippen LogP contribution in [0, 0.1) is 5.82 Å². The standard InChI is InChI=1S/C21H31FN4O2S.C2H6/c1-15(2)20-23-21(28-24-20)26-9-7-17(8-10-26)25(3)11-12-27-18-6-5-16(14-29-4)19(22)13-18;1-2/h5-6,13,15,17H,7-12,14H2,1-4H3;1-2H3. The molecule has 1 fully saturated rings. The first-order chi connectivity index (χ1) is 15.0. The third kappa shape index (κ3) is 7.38. The predicted octanol–water partition coefficient (Wildman–Crippen LogP) is 5.20. The number of aromatic nitrogens is 2. The summed E-state index contributed by atoms with van der Waals surface area (Å²) in [6.45, 7) is 11.3. The van der Waals surface area contributed by atoms with Crippen molar-refractivity contribution in [1.29, 1.82) is 0 Å². The van der Waals surface area contributed by atoms with E-state index in [4.69, 9.17) is 9.26 Å². The molecule has 1 aliphatic rings. The lowest BCUT2D eigenvalue weighted by Gasteiger charge is -2.35. The van der Waals surface area contributed by atoms with Gasteiger partial charge in [-0.15, -0.1) is 0 Å². The summed E-state index contributed by atoms with van der Waals surface area (Å²) in [4.78, 5) is 8.98. The third-order valence-electron chi connectivity index (χ3n) is 5.34. The van der Waals surface area contributed by atoms with Crippen LogP contribution in [0.1, 0.15) is 57.8 Å². The first-order valence-electron chi connectivity index (χ1n) is 11.2. The molecule has 1 saturated heterocycles. The molecule has 2 aromatic rings. The van der Waals surface area contributed by atoms with Gasteiger partial charge in [-0.3, -0.25) is 4.90 Å². The highest BCUT2D eigenvalue weighted by Crippen LogP contribution is 2.23. The summed E-state index contributed by atoms with van der Waals surface area (Å²) in [6.07, 6.45) is 4.04. The smallest absolute Gasteiger partial charge is 0.324 e. The van der Waals surface area contributed by atoms with Crippen LogP contribution in [0.2, 0.25) is 0 Å². The summed E-state index contributed by atoms with van der Waals surface area (Å²) in [5.41, 5.74) is 0.718. The number of ether oxygens (including phenoxy) is 1. The molecule has 31 heavy (non-hydrogen) atoms. The van der Waals surface area contributed by atoms with Gasteiger partial charge in [0.1, 0.15) is 18.2 Å². The highest BCUT2D eigenvalue weighted by atomic mass is 32.2. The Morgan fingerprint density at radius 2 is 2.00 bits per heavy atom. The average molecular weight is 453 g/mol. The number of likely N-dealkylation sites (N-methyl/N-ethyl adjacent to an activating group) is 1. The molecule has 0 radical (unpaired) electrons. The lowest BCUT2D eigenvalue weighted by atomic mass is 10.0. The zero-order valence-corrected chi connectivity index (χ0v) is 20.5. The SMILES string of the molecule is CC.CSCc1ccc(OCCN(C)C2CCN(c3nc(C(C)C)no3)CC2)cc1F. The molecular formula is C23H37FN4O2S. The molecule has 0 bridgehead atoms. The molecule has 6 nitrogen and oxygen atoms in total. The molecule has 2 heterocycles. The maximum atomic E-state index is 14.0. The molecule has 1 aromatic heterocycles. The molecule has 0 N–H and O–H groups in total. The second-order valence-electron chi connectivity index (χ2n) is 7.82. The van der Waals surface area contributed by atoms with Gasteiger partial charge in [0.25, 0.3) is 0 Å². The van der Waals surface area contributed by atoms with Gasteiger partial charge >= 0.3 is 6.01 Å². The second-order valence-corrected chi connectivity index (χ2v) is 8.69. The van der Waals surface area contributed by atoms with Gasteiger partial charge in [0.2, 0.25) is 0 Å². The highest BCUT2D eigenvalue weighted by Gasteiger charge is 2.25. The number of piperidine rings is 1. The molecular weight excluding hydrogens is 415 g/mol. The minimum absolute atomic E-state index is 0.195. The molecule has 0 unspecified atom stereocenters. The van der Waals surface area contributed by atoms with Crippen molar-refractivity contribution in [2.45, 2.75) is 58.2 Å². The van der Waals surface area contributed by atoms with Crippen molar-refractivity contribution in [3.05, 3.63) is 35.4 Å². The molecule has 0 saturated carbocycles. The van der Waals surface area contributed by atoms with Crippen LogP contribution in [0.3, 0.4) is 0 Å². The zero-order chi connectivity index (χ0) is 22.8. The van der Waals surface area contributed by atoms with E-state index in [0.29, 0.717) is 30.2 Å².